The Bertz CT molecular complexity index is 1040. The van der Waals surface area contributed by atoms with Gasteiger partial charge >= 0.3 is 0 Å². The standard InChI is InChI=1S/C21H23ClN4O2S/c1-13-5-8-18(15(3)9-13)28-11-19-24-25-21(26(19)4)29-12-20(27)23-16-7-6-14(2)17(22)10-16/h5-10H,11-12H2,1-4H3,(H,23,27). The summed E-state index contributed by atoms with van der Waals surface area (Å²) in [7, 11) is 1.86. The minimum Gasteiger partial charge on any atom is -0.485 e. The van der Waals surface area contributed by atoms with Crippen molar-refractivity contribution >= 4 is 35.0 Å². The first-order chi connectivity index (χ1) is 13.8. The zero-order chi connectivity index (χ0) is 21.0. The Hall–Kier alpha value is -2.51. The number of nitrogens with zero attached hydrogens (tertiary/aromatic N) is 3. The van der Waals surface area contributed by atoms with Crippen LogP contribution in [0.5, 0.6) is 5.75 Å². The second-order valence-electron chi connectivity index (χ2n) is 6.82. The highest BCUT2D eigenvalue weighted by Crippen LogP contribution is 2.22. The van der Waals surface area contributed by atoms with Gasteiger partial charge in [0.05, 0.1) is 5.75 Å². The van der Waals surface area contributed by atoms with Crippen LogP contribution in [0.25, 0.3) is 0 Å². The van der Waals surface area contributed by atoms with Gasteiger partial charge < -0.3 is 14.6 Å². The van der Waals surface area contributed by atoms with E-state index in [9.17, 15) is 4.79 Å². The summed E-state index contributed by atoms with van der Waals surface area (Å²) in [6.07, 6.45) is 0. The normalized spacial score (nSPS) is 10.8. The van der Waals surface area contributed by atoms with E-state index >= 15 is 0 Å². The number of anilines is 1. The van der Waals surface area contributed by atoms with Gasteiger partial charge in [-0.2, -0.15) is 0 Å². The van der Waals surface area contributed by atoms with E-state index in [0.29, 0.717) is 28.3 Å². The zero-order valence-corrected chi connectivity index (χ0v) is 18.4. The van der Waals surface area contributed by atoms with Crippen LogP contribution in [0.1, 0.15) is 22.5 Å². The van der Waals surface area contributed by atoms with Crippen LogP contribution in [0.3, 0.4) is 0 Å². The van der Waals surface area contributed by atoms with E-state index in [0.717, 1.165) is 16.9 Å². The van der Waals surface area contributed by atoms with E-state index in [-0.39, 0.29) is 11.7 Å². The molecular formula is C21H23ClN4O2S. The van der Waals surface area contributed by atoms with Crippen LogP contribution in [0.15, 0.2) is 41.6 Å². The first-order valence-electron chi connectivity index (χ1n) is 9.10. The number of aromatic nitrogens is 3. The Morgan fingerprint density at radius 3 is 2.66 bits per heavy atom. The second kappa shape index (κ2) is 9.33. The topological polar surface area (TPSA) is 69.0 Å². The van der Waals surface area contributed by atoms with Gasteiger partial charge in [0.15, 0.2) is 11.0 Å². The minimum absolute atomic E-state index is 0.133. The number of thioether (sulfide) groups is 1. The summed E-state index contributed by atoms with van der Waals surface area (Å²) >= 11 is 7.41. The molecule has 8 heteroatoms. The maximum Gasteiger partial charge on any atom is 0.234 e. The van der Waals surface area contributed by atoms with E-state index in [1.165, 1.54) is 17.3 Å². The number of rotatable bonds is 7. The van der Waals surface area contributed by atoms with Crippen molar-refractivity contribution in [3.05, 3.63) is 63.9 Å². The van der Waals surface area contributed by atoms with Crippen LogP contribution < -0.4 is 10.1 Å². The average molecular weight is 431 g/mol. The fourth-order valence-corrected chi connectivity index (χ4v) is 3.61. The molecule has 0 saturated heterocycles. The summed E-state index contributed by atoms with van der Waals surface area (Å²) in [6.45, 7) is 6.29. The van der Waals surface area contributed by atoms with Crippen LogP contribution in [-0.2, 0) is 18.4 Å². The number of benzene rings is 2. The summed E-state index contributed by atoms with van der Waals surface area (Å²) < 4.78 is 7.71. The predicted molar refractivity (Wildman–Crippen MR) is 117 cm³/mol. The number of ether oxygens (including phenoxy) is 1. The fraction of sp³-hybridized carbons (Fsp3) is 0.286. The number of nitrogens with one attached hydrogen (secondary N) is 1. The summed E-state index contributed by atoms with van der Waals surface area (Å²) in [5.41, 5.74) is 3.91. The molecule has 0 spiro atoms. The lowest BCUT2D eigenvalue weighted by Crippen LogP contribution is -2.14. The van der Waals surface area contributed by atoms with Crippen molar-refractivity contribution in [3.63, 3.8) is 0 Å². The van der Waals surface area contributed by atoms with Crippen LogP contribution in [0.2, 0.25) is 5.02 Å². The monoisotopic (exact) mass is 430 g/mol. The summed E-state index contributed by atoms with van der Waals surface area (Å²) in [4.78, 5) is 12.2. The van der Waals surface area contributed by atoms with E-state index in [4.69, 9.17) is 16.3 Å². The van der Waals surface area contributed by atoms with Gasteiger partial charge in [-0.05, 0) is 50.1 Å². The van der Waals surface area contributed by atoms with Crippen molar-refractivity contribution < 1.29 is 9.53 Å². The predicted octanol–water partition coefficient (Wildman–Crippen LogP) is 4.70. The Morgan fingerprint density at radius 2 is 1.93 bits per heavy atom. The maximum atomic E-state index is 12.2. The van der Waals surface area contributed by atoms with Gasteiger partial charge in [0.2, 0.25) is 5.91 Å². The molecule has 0 bridgehead atoms. The Morgan fingerprint density at radius 1 is 1.14 bits per heavy atom. The lowest BCUT2D eigenvalue weighted by Gasteiger charge is -2.10. The van der Waals surface area contributed by atoms with Crippen molar-refractivity contribution in [2.24, 2.45) is 7.05 Å². The third-order valence-corrected chi connectivity index (χ3v) is 5.83. The number of halogens is 1. The molecule has 0 atom stereocenters. The molecule has 1 heterocycles. The molecule has 0 saturated carbocycles. The van der Waals surface area contributed by atoms with E-state index in [1.807, 2.05) is 56.7 Å². The highest BCUT2D eigenvalue weighted by Gasteiger charge is 2.13. The smallest absolute Gasteiger partial charge is 0.234 e. The van der Waals surface area contributed by atoms with Gasteiger partial charge in [-0.1, -0.05) is 47.1 Å². The zero-order valence-electron chi connectivity index (χ0n) is 16.8. The molecule has 152 valence electrons. The van der Waals surface area contributed by atoms with Crippen molar-refractivity contribution in [1.29, 1.82) is 0 Å². The Balaban J connectivity index is 1.55. The first-order valence-corrected chi connectivity index (χ1v) is 10.5. The molecule has 0 aliphatic heterocycles. The van der Waals surface area contributed by atoms with E-state index < -0.39 is 0 Å². The fourth-order valence-electron chi connectivity index (χ4n) is 2.70. The minimum atomic E-state index is -0.133. The van der Waals surface area contributed by atoms with Gasteiger partial charge in [0, 0.05) is 17.8 Å². The van der Waals surface area contributed by atoms with Gasteiger partial charge in [-0.3, -0.25) is 4.79 Å². The molecule has 0 aliphatic carbocycles. The molecular weight excluding hydrogens is 408 g/mol. The summed E-state index contributed by atoms with van der Waals surface area (Å²) in [5.74, 6) is 1.60. The lowest BCUT2D eigenvalue weighted by atomic mass is 10.1. The third-order valence-electron chi connectivity index (χ3n) is 4.40. The van der Waals surface area contributed by atoms with Crippen LogP contribution in [0.4, 0.5) is 5.69 Å². The molecule has 0 aliphatic rings. The van der Waals surface area contributed by atoms with Gasteiger partial charge in [-0.15, -0.1) is 10.2 Å². The molecule has 3 rings (SSSR count). The third kappa shape index (κ3) is 5.52. The molecule has 1 amide bonds. The number of aryl methyl sites for hydroxylation is 3. The molecule has 3 aromatic rings. The van der Waals surface area contributed by atoms with E-state index in [1.54, 1.807) is 6.07 Å². The highest BCUT2D eigenvalue weighted by molar-refractivity contribution is 7.99. The van der Waals surface area contributed by atoms with Crippen molar-refractivity contribution in [2.75, 3.05) is 11.1 Å². The molecule has 0 radical (unpaired) electrons. The Labute approximate surface area is 179 Å². The SMILES string of the molecule is Cc1ccc(OCc2nnc(SCC(=O)Nc3ccc(C)c(Cl)c3)n2C)c(C)c1. The first kappa shape index (κ1) is 21.2. The molecule has 2 aromatic carbocycles. The lowest BCUT2D eigenvalue weighted by molar-refractivity contribution is -0.113. The average Bonchev–Trinajstić information content (AvgIpc) is 3.02. The summed E-state index contributed by atoms with van der Waals surface area (Å²) in [5, 5.41) is 12.5. The molecule has 29 heavy (non-hydrogen) atoms. The van der Waals surface area contributed by atoms with Crippen molar-refractivity contribution in [2.45, 2.75) is 32.5 Å². The second-order valence-corrected chi connectivity index (χ2v) is 8.17. The van der Waals surface area contributed by atoms with Gasteiger partial charge in [0.1, 0.15) is 12.4 Å². The quantitative estimate of drug-likeness (QED) is 0.550. The number of hydrogen-bond acceptors (Lipinski definition) is 5. The number of carbonyl (C=O) groups is 1. The summed E-state index contributed by atoms with van der Waals surface area (Å²) in [6, 6.07) is 11.5. The van der Waals surface area contributed by atoms with E-state index in [2.05, 4.69) is 21.6 Å². The Kier molecular flexibility index (Phi) is 6.82. The molecule has 1 N–H and O–H groups in total. The van der Waals surface area contributed by atoms with Crippen molar-refractivity contribution in [1.82, 2.24) is 14.8 Å². The maximum absolute atomic E-state index is 12.2. The van der Waals surface area contributed by atoms with Crippen LogP contribution in [0, 0.1) is 20.8 Å². The number of hydrogen-bond donors (Lipinski definition) is 1. The molecule has 1 aromatic heterocycles. The number of amides is 1. The van der Waals surface area contributed by atoms with Crippen molar-refractivity contribution in [3.8, 4) is 5.75 Å². The van der Waals surface area contributed by atoms with Crippen LogP contribution in [-0.4, -0.2) is 26.4 Å². The molecule has 6 nitrogen and oxygen atoms in total. The molecule has 0 fully saturated rings. The highest BCUT2D eigenvalue weighted by atomic mass is 35.5. The van der Waals surface area contributed by atoms with Gasteiger partial charge in [0.25, 0.3) is 0 Å². The number of carbonyl (C=O) groups excluding carboxylic acids is 1. The molecule has 0 unspecified atom stereocenters. The largest absolute Gasteiger partial charge is 0.485 e. The van der Waals surface area contributed by atoms with Gasteiger partial charge in [-0.25, -0.2) is 0 Å². The van der Waals surface area contributed by atoms with Crippen LogP contribution >= 0.6 is 23.4 Å².